The van der Waals surface area contributed by atoms with Gasteiger partial charge in [0.05, 0.1) is 11.3 Å². The largest absolute Gasteiger partial charge is 0.481 e. The summed E-state index contributed by atoms with van der Waals surface area (Å²) in [6.07, 6.45) is 5.69. The Labute approximate surface area is 158 Å². The molecule has 2 aromatic rings. The van der Waals surface area contributed by atoms with Crippen molar-refractivity contribution in [2.24, 2.45) is 0 Å². The van der Waals surface area contributed by atoms with Crippen LogP contribution in [0.15, 0.2) is 66.4 Å². The number of carbonyl (C=O) groups is 2. The Kier molecular flexibility index (Phi) is 7.37. The Hall–Kier alpha value is -3.34. The molecule has 5 nitrogen and oxygen atoms in total. The number of aliphatic carboxylic acids is 1. The van der Waals surface area contributed by atoms with Gasteiger partial charge in [-0.25, -0.2) is 4.79 Å². The van der Waals surface area contributed by atoms with Crippen LogP contribution in [-0.2, 0) is 4.79 Å². The number of carboxylic acid groups (broad SMARTS) is 1. The second-order valence-electron chi connectivity index (χ2n) is 5.66. The highest BCUT2D eigenvalue weighted by Gasteiger charge is 2.14. The molecule has 1 N–H and O–H groups in total. The molecular weight excluding hydrogens is 344 g/mol. The van der Waals surface area contributed by atoms with Crippen LogP contribution in [0.1, 0.15) is 36.2 Å². The molecule has 0 bridgehead atoms. The van der Waals surface area contributed by atoms with Crippen LogP contribution in [-0.4, -0.2) is 23.5 Å². The fraction of sp³-hybridized carbons (Fsp3) is 0.182. The summed E-state index contributed by atoms with van der Waals surface area (Å²) in [6.45, 7) is 3.28. The lowest BCUT2D eigenvalue weighted by Crippen LogP contribution is -2.12. The van der Waals surface area contributed by atoms with Crippen molar-refractivity contribution in [1.29, 1.82) is 0 Å². The van der Waals surface area contributed by atoms with Gasteiger partial charge in [-0.05, 0) is 36.8 Å². The van der Waals surface area contributed by atoms with E-state index in [1.165, 1.54) is 12.1 Å². The number of carbonyl (C=O) groups excluding carboxylic acids is 1. The fourth-order valence-corrected chi connectivity index (χ4v) is 2.34. The van der Waals surface area contributed by atoms with Crippen molar-refractivity contribution in [3.63, 3.8) is 0 Å². The molecule has 0 saturated carbocycles. The monoisotopic (exact) mass is 366 g/mol. The van der Waals surface area contributed by atoms with E-state index >= 15 is 0 Å². The molecule has 2 aromatic carbocycles. The van der Waals surface area contributed by atoms with Gasteiger partial charge < -0.3 is 14.6 Å². The standard InChI is InChI=1S/C22H22O5/c1-3-17(4-2)27-18-11-12-19(21(14-18)26-15-22(24)25)20(23)13-10-16-8-6-5-7-9-16/h3,5-14H,4,15H2,1-2H3,(H,24,25). The predicted octanol–water partition coefficient (Wildman–Crippen LogP) is 4.74. The van der Waals surface area contributed by atoms with Crippen molar-refractivity contribution in [2.75, 3.05) is 6.61 Å². The van der Waals surface area contributed by atoms with Crippen molar-refractivity contribution in [2.45, 2.75) is 20.3 Å². The summed E-state index contributed by atoms with van der Waals surface area (Å²) < 4.78 is 11.0. The third-order valence-electron chi connectivity index (χ3n) is 3.72. The molecule has 27 heavy (non-hydrogen) atoms. The Balaban J connectivity index is 2.28. The van der Waals surface area contributed by atoms with Crippen molar-refractivity contribution in [1.82, 2.24) is 0 Å². The van der Waals surface area contributed by atoms with Crippen molar-refractivity contribution < 1.29 is 24.2 Å². The molecule has 5 heteroatoms. The lowest BCUT2D eigenvalue weighted by atomic mass is 10.1. The number of ketones is 1. The van der Waals surface area contributed by atoms with Crippen LogP contribution in [0.4, 0.5) is 0 Å². The summed E-state index contributed by atoms with van der Waals surface area (Å²) in [4.78, 5) is 23.4. The highest BCUT2D eigenvalue weighted by molar-refractivity contribution is 6.08. The molecule has 0 heterocycles. The zero-order chi connectivity index (χ0) is 19.6. The molecular formula is C22H22O5. The maximum atomic E-state index is 12.6. The normalized spacial score (nSPS) is 11.4. The van der Waals surface area contributed by atoms with E-state index in [2.05, 4.69) is 0 Å². The third kappa shape index (κ3) is 6.15. The molecule has 0 atom stereocenters. The van der Waals surface area contributed by atoms with Crippen LogP contribution in [0.2, 0.25) is 0 Å². The second kappa shape index (κ2) is 9.97. The van der Waals surface area contributed by atoms with E-state index in [0.29, 0.717) is 12.2 Å². The molecule has 0 amide bonds. The number of allylic oxidation sites excluding steroid dienone is 3. The first-order valence-electron chi connectivity index (χ1n) is 8.62. The van der Waals surface area contributed by atoms with Crippen LogP contribution in [0, 0.1) is 0 Å². The zero-order valence-electron chi connectivity index (χ0n) is 15.3. The Bertz CT molecular complexity index is 850. The topological polar surface area (TPSA) is 72.8 Å². The van der Waals surface area contributed by atoms with E-state index in [1.807, 2.05) is 50.3 Å². The predicted molar refractivity (Wildman–Crippen MR) is 104 cm³/mol. The maximum Gasteiger partial charge on any atom is 0.341 e. The van der Waals surface area contributed by atoms with E-state index < -0.39 is 12.6 Å². The lowest BCUT2D eigenvalue weighted by Gasteiger charge is -2.12. The van der Waals surface area contributed by atoms with E-state index in [4.69, 9.17) is 14.6 Å². The van der Waals surface area contributed by atoms with Gasteiger partial charge in [-0.1, -0.05) is 43.3 Å². The van der Waals surface area contributed by atoms with Crippen molar-refractivity contribution >= 4 is 17.8 Å². The molecule has 0 aliphatic heterocycles. The molecule has 0 saturated heterocycles. The Morgan fingerprint density at radius 2 is 1.85 bits per heavy atom. The first-order valence-corrected chi connectivity index (χ1v) is 8.62. The third-order valence-corrected chi connectivity index (χ3v) is 3.72. The first kappa shape index (κ1) is 20.0. The number of carboxylic acids is 1. The number of rotatable bonds is 9. The fourth-order valence-electron chi connectivity index (χ4n) is 2.34. The first-order chi connectivity index (χ1) is 13.0. The van der Waals surface area contributed by atoms with Gasteiger partial charge >= 0.3 is 5.97 Å². The van der Waals surface area contributed by atoms with Crippen LogP contribution in [0.5, 0.6) is 11.5 Å². The van der Waals surface area contributed by atoms with Crippen molar-refractivity contribution in [3.05, 3.63) is 77.6 Å². The zero-order valence-corrected chi connectivity index (χ0v) is 15.3. The molecule has 0 fully saturated rings. The molecule has 0 spiro atoms. The Morgan fingerprint density at radius 3 is 2.48 bits per heavy atom. The summed E-state index contributed by atoms with van der Waals surface area (Å²) in [5.74, 6) is 0.00937. The smallest absolute Gasteiger partial charge is 0.341 e. The highest BCUT2D eigenvalue weighted by Crippen LogP contribution is 2.27. The number of ether oxygens (including phenoxy) is 2. The Morgan fingerprint density at radius 1 is 1.11 bits per heavy atom. The minimum atomic E-state index is -1.12. The average Bonchev–Trinajstić information content (AvgIpc) is 2.69. The maximum absolute atomic E-state index is 12.6. The molecule has 140 valence electrons. The number of hydrogen-bond donors (Lipinski definition) is 1. The molecule has 0 aromatic heterocycles. The highest BCUT2D eigenvalue weighted by atomic mass is 16.5. The minimum Gasteiger partial charge on any atom is -0.481 e. The van der Waals surface area contributed by atoms with Crippen LogP contribution < -0.4 is 9.47 Å². The van der Waals surface area contributed by atoms with Crippen molar-refractivity contribution in [3.8, 4) is 11.5 Å². The van der Waals surface area contributed by atoms with Gasteiger partial charge in [-0.15, -0.1) is 0 Å². The summed E-state index contributed by atoms with van der Waals surface area (Å²) in [7, 11) is 0. The van der Waals surface area contributed by atoms with E-state index in [1.54, 1.807) is 18.2 Å². The quantitative estimate of drug-likeness (QED) is 0.394. The molecule has 0 unspecified atom stereocenters. The lowest BCUT2D eigenvalue weighted by molar-refractivity contribution is -0.139. The van der Waals surface area contributed by atoms with Gasteiger partial charge in [0.1, 0.15) is 11.5 Å². The summed E-state index contributed by atoms with van der Waals surface area (Å²) in [5, 5.41) is 8.88. The van der Waals surface area contributed by atoms with Crippen LogP contribution >= 0.6 is 0 Å². The minimum absolute atomic E-state index is 0.171. The molecule has 0 radical (unpaired) electrons. The van der Waals surface area contributed by atoms with Crippen LogP contribution in [0.25, 0.3) is 6.08 Å². The molecule has 2 rings (SSSR count). The van der Waals surface area contributed by atoms with E-state index in [-0.39, 0.29) is 17.1 Å². The number of hydrogen-bond acceptors (Lipinski definition) is 4. The van der Waals surface area contributed by atoms with E-state index in [9.17, 15) is 9.59 Å². The molecule has 0 aliphatic rings. The van der Waals surface area contributed by atoms with Gasteiger partial charge in [0.25, 0.3) is 0 Å². The summed E-state index contributed by atoms with van der Waals surface area (Å²) >= 11 is 0. The molecule has 0 aliphatic carbocycles. The summed E-state index contributed by atoms with van der Waals surface area (Å²) in [6, 6.07) is 14.2. The van der Waals surface area contributed by atoms with Gasteiger partial charge in [0.15, 0.2) is 12.4 Å². The van der Waals surface area contributed by atoms with Gasteiger partial charge in [-0.3, -0.25) is 4.79 Å². The van der Waals surface area contributed by atoms with Gasteiger partial charge in [0, 0.05) is 12.5 Å². The van der Waals surface area contributed by atoms with Gasteiger partial charge in [0.2, 0.25) is 0 Å². The van der Waals surface area contributed by atoms with Crippen LogP contribution in [0.3, 0.4) is 0 Å². The number of benzene rings is 2. The SMILES string of the molecule is CC=C(CC)Oc1ccc(C(=O)C=Cc2ccccc2)c(OCC(=O)O)c1. The van der Waals surface area contributed by atoms with E-state index in [0.717, 1.165) is 11.3 Å². The average molecular weight is 366 g/mol. The second-order valence-corrected chi connectivity index (χ2v) is 5.66. The summed E-state index contributed by atoms with van der Waals surface area (Å²) in [5.41, 5.74) is 1.16. The van der Waals surface area contributed by atoms with Gasteiger partial charge in [-0.2, -0.15) is 0 Å².